The van der Waals surface area contributed by atoms with Gasteiger partial charge in [-0.1, -0.05) is 12.8 Å². The van der Waals surface area contributed by atoms with Gasteiger partial charge >= 0.3 is 0 Å². The van der Waals surface area contributed by atoms with Gasteiger partial charge in [0.2, 0.25) is 0 Å². The van der Waals surface area contributed by atoms with Crippen molar-refractivity contribution in [1.29, 1.82) is 0 Å². The molecule has 0 aromatic carbocycles. The molecule has 0 radical (unpaired) electrons. The van der Waals surface area contributed by atoms with Gasteiger partial charge in [0.05, 0.1) is 0 Å². The molecule has 2 atom stereocenters. The molecule has 3 heteroatoms. The van der Waals surface area contributed by atoms with Gasteiger partial charge in [-0.15, -0.1) is 0 Å². The molecule has 2 rings (SSSR count). The van der Waals surface area contributed by atoms with E-state index < -0.39 is 11.2 Å². The zero-order valence-corrected chi connectivity index (χ0v) is 9.38. The van der Waals surface area contributed by atoms with Gasteiger partial charge in [0.1, 0.15) is 5.60 Å². The summed E-state index contributed by atoms with van der Waals surface area (Å²) < 4.78 is 5.42. The van der Waals surface area contributed by atoms with Crippen molar-refractivity contribution >= 4 is 5.78 Å². The van der Waals surface area contributed by atoms with E-state index in [1.807, 2.05) is 6.92 Å². The third-order valence-corrected chi connectivity index (χ3v) is 3.98. The zero-order valence-electron chi connectivity index (χ0n) is 9.38. The van der Waals surface area contributed by atoms with Gasteiger partial charge < -0.3 is 9.84 Å². The monoisotopic (exact) mass is 210 g/mol. The molecule has 1 saturated carbocycles. The minimum absolute atomic E-state index is 0.0631. The van der Waals surface area contributed by atoms with Gasteiger partial charge in [-0.25, -0.2) is 0 Å². The molecule has 0 bridgehead atoms. The Morgan fingerprint density at radius 3 is 2.67 bits per heavy atom. The first-order valence-corrected chi connectivity index (χ1v) is 5.57. The third-order valence-electron chi connectivity index (χ3n) is 3.98. The van der Waals surface area contributed by atoms with Crippen molar-refractivity contribution in [2.24, 2.45) is 0 Å². The first-order valence-electron chi connectivity index (χ1n) is 5.57. The fraction of sp³-hybridized carbons (Fsp3) is 0.750. The minimum atomic E-state index is -1.06. The molecular weight excluding hydrogens is 192 g/mol. The third kappa shape index (κ3) is 1.23. The van der Waals surface area contributed by atoms with Crippen molar-refractivity contribution < 1.29 is 14.6 Å². The number of hydrogen-bond donors (Lipinski definition) is 1. The molecule has 3 nitrogen and oxygen atoms in total. The summed E-state index contributed by atoms with van der Waals surface area (Å²) in [6, 6.07) is 0. The van der Waals surface area contributed by atoms with Crippen molar-refractivity contribution in [1.82, 2.24) is 0 Å². The Morgan fingerprint density at radius 1 is 1.33 bits per heavy atom. The summed E-state index contributed by atoms with van der Waals surface area (Å²) in [6.45, 7) is 1.82. The van der Waals surface area contributed by atoms with Gasteiger partial charge in [-0.2, -0.15) is 0 Å². The van der Waals surface area contributed by atoms with Crippen LogP contribution in [-0.2, 0) is 9.53 Å². The van der Waals surface area contributed by atoms with Crippen LogP contribution < -0.4 is 0 Å². The van der Waals surface area contributed by atoms with Gasteiger partial charge in [0.15, 0.2) is 11.4 Å². The number of carbonyl (C=O) groups is 1. The van der Waals surface area contributed by atoms with Gasteiger partial charge in [0.25, 0.3) is 0 Å². The van der Waals surface area contributed by atoms with Crippen LogP contribution in [0.4, 0.5) is 0 Å². The number of ketones is 1. The molecule has 2 aliphatic rings. The molecular formula is C12H18O3. The summed E-state index contributed by atoms with van der Waals surface area (Å²) in [5.74, 6) is -0.0631. The Hall–Kier alpha value is -0.670. The molecule has 0 aromatic rings. The molecule has 2 aliphatic carbocycles. The standard InChI is InChI=1S/C12H18O3/c1-9-8-10(13)12(15-2)7-5-3-4-6-11(9,12)14/h8,14H,3-7H2,1-2H3/t11-,12+/m1/s1. The highest BCUT2D eigenvalue weighted by molar-refractivity contribution is 6.02. The maximum absolute atomic E-state index is 12.0. The van der Waals surface area contributed by atoms with Crippen molar-refractivity contribution in [3.05, 3.63) is 11.6 Å². The lowest BCUT2D eigenvalue weighted by Gasteiger charge is -2.40. The first-order chi connectivity index (χ1) is 7.07. The van der Waals surface area contributed by atoms with Crippen LogP contribution in [0.5, 0.6) is 0 Å². The summed E-state index contributed by atoms with van der Waals surface area (Å²) in [7, 11) is 1.53. The summed E-state index contributed by atoms with van der Waals surface area (Å²) in [5, 5.41) is 10.7. The second kappa shape index (κ2) is 3.42. The highest BCUT2D eigenvalue weighted by atomic mass is 16.5. The lowest BCUT2D eigenvalue weighted by molar-refractivity contribution is -0.165. The fourth-order valence-electron chi connectivity index (χ4n) is 2.99. The van der Waals surface area contributed by atoms with E-state index in [0.717, 1.165) is 24.8 Å². The topological polar surface area (TPSA) is 46.5 Å². The zero-order chi connectivity index (χ0) is 11.1. The van der Waals surface area contributed by atoms with Crippen LogP contribution in [0.25, 0.3) is 0 Å². The number of hydrogen-bond acceptors (Lipinski definition) is 3. The van der Waals surface area contributed by atoms with Crippen LogP contribution in [0, 0.1) is 0 Å². The van der Waals surface area contributed by atoms with E-state index in [4.69, 9.17) is 4.74 Å². The molecule has 0 amide bonds. The molecule has 1 N–H and O–H groups in total. The van der Waals surface area contributed by atoms with Crippen LogP contribution in [0.2, 0.25) is 0 Å². The Labute approximate surface area is 90.1 Å². The molecule has 0 spiro atoms. The Balaban J connectivity index is 2.48. The number of fused-ring (bicyclic) bond motifs is 1. The summed E-state index contributed by atoms with van der Waals surface area (Å²) >= 11 is 0. The maximum Gasteiger partial charge on any atom is 0.190 e. The Morgan fingerprint density at radius 2 is 2.00 bits per heavy atom. The highest BCUT2D eigenvalue weighted by Gasteiger charge is 2.60. The van der Waals surface area contributed by atoms with E-state index >= 15 is 0 Å². The molecule has 84 valence electrons. The Kier molecular flexibility index (Phi) is 2.47. The van der Waals surface area contributed by atoms with Gasteiger partial charge in [-0.05, 0) is 37.8 Å². The van der Waals surface area contributed by atoms with Gasteiger partial charge in [0, 0.05) is 7.11 Å². The van der Waals surface area contributed by atoms with Crippen LogP contribution in [-0.4, -0.2) is 29.2 Å². The maximum atomic E-state index is 12.0. The second-order valence-corrected chi connectivity index (χ2v) is 4.64. The molecule has 0 heterocycles. The summed E-state index contributed by atoms with van der Waals surface area (Å²) in [6.07, 6.45) is 5.79. The van der Waals surface area contributed by atoms with Crippen LogP contribution in [0.15, 0.2) is 11.6 Å². The first kappa shape index (κ1) is 10.8. The Bertz CT molecular complexity index is 321. The number of carbonyl (C=O) groups excluding carboxylic acids is 1. The molecule has 0 saturated heterocycles. The van der Waals surface area contributed by atoms with E-state index in [2.05, 4.69) is 0 Å². The molecule has 0 aliphatic heterocycles. The summed E-state index contributed by atoms with van der Waals surface area (Å²) in [4.78, 5) is 12.0. The second-order valence-electron chi connectivity index (χ2n) is 4.64. The normalized spacial score (nSPS) is 41.0. The van der Waals surface area contributed by atoms with Crippen LogP contribution in [0.1, 0.15) is 39.0 Å². The van der Waals surface area contributed by atoms with E-state index in [0.29, 0.717) is 12.8 Å². The van der Waals surface area contributed by atoms with Crippen molar-refractivity contribution in [3.8, 4) is 0 Å². The van der Waals surface area contributed by atoms with Crippen LogP contribution >= 0.6 is 0 Å². The number of ether oxygens (including phenoxy) is 1. The average molecular weight is 210 g/mol. The van der Waals surface area contributed by atoms with E-state index in [9.17, 15) is 9.90 Å². The number of aliphatic hydroxyl groups is 1. The predicted molar refractivity (Wildman–Crippen MR) is 56.5 cm³/mol. The smallest absolute Gasteiger partial charge is 0.190 e. The average Bonchev–Trinajstić information content (AvgIpc) is 2.37. The van der Waals surface area contributed by atoms with E-state index in [-0.39, 0.29) is 5.78 Å². The van der Waals surface area contributed by atoms with Crippen molar-refractivity contribution in [2.45, 2.75) is 50.2 Å². The van der Waals surface area contributed by atoms with E-state index in [1.165, 1.54) is 7.11 Å². The predicted octanol–water partition coefficient (Wildman–Crippen LogP) is 1.60. The quantitative estimate of drug-likeness (QED) is 0.715. The lowest BCUT2D eigenvalue weighted by Crippen LogP contribution is -2.56. The van der Waals surface area contributed by atoms with Gasteiger partial charge in [-0.3, -0.25) is 4.79 Å². The summed E-state index contributed by atoms with van der Waals surface area (Å²) in [5.41, 5.74) is -1.29. The molecule has 1 fully saturated rings. The van der Waals surface area contributed by atoms with Crippen LogP contribution in [0.3, 0.4) is 0 Å². The molecule has 0 aromatic heterocycles. The lowest BCUT2D eigenvalue weighted by atomic mass is 9.77. The number of methoxy groups -OCH3 is 1. The van der Waals surface area contributed by atoms with Crippen molar-refractivity contribution in [2.75, 3.05) is 7.11 Å². The van der Waals surface area contributed by atoms with E-state index in [1.54, 1.807) is 6.08 Å². The highest BCUT2D eigenvalue weighted by Crippen LogP contribution is 2.47. The molecule has 0 unspecified atom stereocenters. The van der Waals surface area contributed by atoms with Crippen molar-refractivity contribution in [3.63, 3.8) is 0 Å². The number of rotatable bonds is 1. The SMILES string of the molecule is CO[C@]12CCCCC[C@@]1(O)C(C)=CC2=O. The fourth-order valence-corrected chi connectivity index (χ4v) is 2.99. The minimum Gasteiger partial charge on any atom is -0.382 e. The largest absolute Gasteiger partial charge is 0.382 e. The molecule has 15 heavy (non-hydrogen) atoms.